The average molecular weight is 294 g/mol. The van der Waals surface area contributed by atoms with Gasteiger partial charge in [0.05, 0.1) is 13.2 Å². The Morgan fingerprint density at radius 3 is 2.43 bits per heavy atom. The fourth-order valence-electron chi connectivity index (χ4n) is 2.83. The van der Waals surface area contributed by atoms with Crippen LogP contribution in [0.2, 0.25) is 0 Å². The van der Waals surface area contributed by atoms with Crippen LogP contribution >= 0.6 is 0 Å². The zero-order chi connectivity index (χ0) is 16.0. The van der Waals surface area contributed by atoms with Gasteiger partial charge in [0.2, 0.25) is 0 Å². The second-order valence-corrected chi connectivity index (χ2v) is 5.81. The van der Waals surface area contributed by atoms with E-state index < -0.39 is 0 Å². The van der Waals surface area contributed by atoms with Crippen LogP contribution < -0.4 is 10.1 Å². The van der Waals surface area contributed by atoms with Gasteiger partial charge in [0, 0.05) is 42.1 Å². The maximum absolute atomic E-state index is 5.93. The summed E-state index contributed by atoms with van der Waals surface area (Å²) in [6.07, 6.45) is 2.90. The Morgan fingerprint density at radius 2 is 1.95 bits per heavy atom. The topological polar surface area (TPSA) is 43.4 Å². The first-order valence-corrected chi connectivity index (χ1v) is 7.74. The molecule has 120 valence electrons. The van der Waals surface area contributed by atoms with Gasteiger partial charge in [0.1, 0.15) is 5.75 Å². The molecule has 21 heavy (non-hydrogen) atoms. The van der Waals surface area contributed by atoms with Gasteiger partial charge in [0.15, 0.2) is 0 Å². The Kier molecular flexibility index (Phi) is 7.12. The summed E-state index contributed by atoms with van der Waals surface area (Å²) < 4.78 is 11.4. The van der Waals surface area contributed by atoms with Gasteiger partial charge in [-0.2, -0.15) is 0 Å². The third-order valence-electron chi connectivity index (χ3n) is 3.95. The van der Waals surface area contributed by atoms with Crippen LogP contribution in [0.3, 0.4) is 0 Å². The largest absolute Gasteiger partial charge is 0.496 e. The number of rotatable bonds is 8. The average Bonchev–Trinajstić information content (AvgIpc) is 2.45. The van der Waals surface area contributed by atoms with Crippen LogP contribution in [-0.2, 0) is 11.2 Å². The van der Waals surface area contributed by atoms with Gasteiger partial charge in [-0.25, -0.2) is 0 Å². The van der Waals surface area contributed by atoms with Gasteiger partial charge in [0.25, 0.3) is 0 Å². The molecule has 1 heterocycles. The van der Waals surface area contributed by atoms with Gasteiger partial charge in [-0.15, -0.1) is 0 Å². The molecular weight excluding hydrogens is 264 g/mol. The minimum atomic E-state index is 0.175. The molecule has 2 atom stereocenters. The van der Waals surface area contributed by atoms with E-state index in [0.717, 1.165) is 35.6 Å². The van der Waals surface area contributed by atoms with Gasteiger partial charge < -0.3 is 14.8 Å². The third kappa shape index (κ3) is 4.42. The van der Waals surface area contributed by atoms with Crippen molar-refractivity contribution in [1.29, 1.82) is 0 Å². The molecule has 1 N–H and O–H groups in total. The number of hydrogen-bond acceptors (Lipinski definition) is 4. The van der Waals surface area contributed by atoms with Crippen LogP contribution in [0.5, 0.6) is 5.75 Å². The molecule has 0 radical (unpaired) electrons. The second-order valence-electron chi connectivity index (χ2n) is 5.81. The summed E-state index contributed by atoms with van der Waals surface area (Å²) in [5, 5.41) is 3.39. The van der Waals surface area contributed by atoms with Crippen molar-refractivity contribution < 1.29 is 9.47 Å². The molecule has 0 fully saturated rings. The Bertz CT molecular complexity index is 447. The standard InChI is InChI=1S/C17H30N2O2/c1-8-21-16(11(2)3)15(18-6)9-14-13(5)17(20-7)12(4)10-19-14/h10-11,15-16,18H,8-9H2,1-7H3. The van der Waals surface area contributed by atoms with Crippen LogP contribution in [0, 0.1) is 19.8 Å². The molecule has 0 spiro atoms. The van der Waals surface area contributed by atoms with E-state index in [0.29, 0.717) is 5.92 Å². The number of aryl methyl sites for hydroxylation is 1. The lowest BCUT2D eigenvalue weighted by Crippen LogP contribution is -2.44. The van der Waals surface area contributed by atoms with Crippen molar-refractivity contribution in [2.24, 2.45) is 5.92 Å². The summed E-state index contributed by atoms with van der Waals surface area (Å²) in [7, 11) is 3.70. The molecule has 1 aromatic rings. The number of nitrogens with one attached hydrogen (secondary N) is 1. The second kappa shape index (κ2) is 8.35. The molecule has 0 aliphatic rings. The van der Waals surface area contributed by atoms with Crippen molar-refractivity contribution >= 4 is 0 Å². The summed E-state index contributed by atoms with van der Waals surface area (Å²) in [6.45, 7) is 11.3. The molecule has 4 heteroatoms. The Labute approximate surface area is 129 Å². The first kappa shape index (κ1) is 17.9. The molecule has 1 rings (SSSR count). The number of hydrogen-bond donors (Lipinski definition) is 1. The van der Waals surface area contributed by atoms with E-state index >= 15 is 0 Å². The molecule has 0 amide bonds. The van der Waals surface area contributed by atoms with E-state index in [2.05, 4.69) is 31.1 Å². The van der Waals surface area contributed by atoms with Gasteiger partial charge in [-0.3, -0.25) is 4.98 Å². The van der Waals surface area contributed by atoms with Crippen LogP contribution in [0.1, 0.15) is 37.6 Å². The normalized spacial score (nSPS) is 14.3. The molecule has 0 bridgehead atoms. The summed E-state index contributed by atoms with van der Waals surface area (Å²) in [5.74, 6) is 1.39. The SMILES string of the molecule is CCOC(C(C)C)C(Cc1ncc(C)c(OC)c1C)NC. The molecule has 0 aliphatic carbocycles. The molecule has 1 aromatic heterocycles. The van der Waals surface area contributed by atoms with Crippen molar-refractivity contribution in [2.75, 3.05) is 20.8 Å². The minimum Gasteiger partial charge on any atom is -0.496 e. The predicted octanol–water partition coefficient (Wildman–Crippen LogP) is 2.90. The molecule has 0 aromatic carbocycles. The molecule has 0 saturated heterocycles. The van der Waals surface area contributed by atoms with E-state index in [1.807, 2.05) is 27.1 Å². The quantitative estimate of drug-likeness (QED) is 0.800. The number of pyridine rings is 1. The van der Waals surface area contributed by atoms with Crippen LogP contribution in [-0.4, -0.2) is 37.9 Å². The van der Waals surface area contributed by atoms with Crippen molar-refractivity contribution in [2.45, 2.75) is 53.2 Å². The van der Waals surface area contributed by atoms with E-state index in [4.69, 9.17) is 9.47 Å². The highest BCUT2D eigenvalue weighted by Gasteiger charge is 2.25. The lowest BCUT2D eigenvalue weighted by molar-refractivity contribution is 0.00510. The molecule has 0 saturated carbocycles. The van der Waals surface area contributed by atoms with Crippen LogP contribution in [0.15, 0.2) is 6.20 Å². The van der Waals surface area contributed by atoms with Crippen LogP contribution in [0.4, 0.5) is 0 Å². The Hall–Kier alpha value is -1.13. The maximum atomic E-state index is 5.93. The molecule has 2 unspecified atom stereocenters. The fourth-order valence-corrected chi connectivity index (χ4v) is 2.83. The maximum Gasteiger partial charge on any atom is 0.128 e. The summed E-state index contributed by atoms with van der Waals surface area (Å²) in [4.78, 5) is 4.60. The Balaban J connectivity index is 3.01. The fraction of sp³-hybridized carbons (Fsp3) is 0.706. The number of ether oxygens (including phenoxy) is 2. The van der Waals surface area contributed by atoms with E-state index in [1.165, 1.54) is 0 Å². The lowest BCUT2D eigenvalue weighted by atomic mass is 9.94. The summed E-state index contributed by atoms with van der Waals surface area (Å²) in [6, 6.07) is 0.239. The van der Waals surface area contributed by atoms with Crippen molar-refractivity contribution in [3.8, 4) is 5.75 Å². The number of methoxy groups -OCH3 is 1. The number of nitrogens with zero attached hydrogens (tertiary/aromatic N) is 1. The molecular formula is C17H30N2O2. The first-order chi connectivity index (χ1) is 9.96. The van der Waals surface area contributed by atoms with Gasteiger partial charge in [-0.05, 0) is 33.7 Å². The highest BCUT2D eigenvalue weighted by molar-refractivity contribution is 5.41. The van der Waals surface area contributed by atoms with Crippen LogP contribution in [0.25, 0.3) is 0 Å². The van der Waals surface area contributed by atoms with Crippen molar-refractivity contribution in [3.63, 3.8) is 0 Å². The number of aromatic nitrogens is 1. The highest BCUT2D eigenvalue weighted by atomic mass is 16.5. The smallest absolute Gasteiger partial charge is 0.128 e. The first-order valence-electron chi connectivity index (χ1n) is 7.74. The third-order valence-corrected chi connectivity index (χ3v) is 3.95. The number of likely N-dealkylation sites (N-methyl/N-ethyl adjacent to an activating group) is 1. The van der Waals surface area contributed by atoms with Crippen molar-refractivity contribution in [1.82, 2.24) is 10.3 Å². The highest BCUT2D eigenvalue weighted by Crippen LogP contribution is 2.25. The van der Waals surface area contributed by atoms with E-state index in [9.17, 15) is 0 Å². The minimum absolute atomic E-state index is 0.175. The molecule has 4 nitrogen and oxygen atoms in total. The van der Waals surface area contributed by atoms with E-state index in [1.54, 1.807) is 7.11 Å². The Morgan fingerprint density at radius 1 is 1.29 bits per heavy atom. The van der Waals surface area contributed by atoms with E-state index in [-0.39, 0.29) is 12.1 Å². The zero-order valence-electron chi connectivity index (χ0n) is 14.5. The monoisotopic (exact) mass is 294 g/mol. The molecule has 0 aliphatic heterocycles. The predicted molar refractivity (Wildman–Crippen MR) is 87.1 cm³/mol. The zero-order valence-corrected chi connectivity index (χ0v) is 14.5. The van der Waals surface area contributed by atoms with Gasteiger partial charge >= 0.3 is 0 Å². The summed E-state index contributed by atoms with van der Waals surface area (Å²) in [5.41, 5.74) is 3.27. The van der Waals surface area contributed by atoms with Crippen molar-refractivity contribution in [3.05, 3.63) is 23.0 Å². The lowest BCUT2D eigenvalue weighted by Gasteiger charge is -2.30. The summed E-state index contributed by atoms with van der Waals surface area (Å²) >= 11 is 0. The van der Waals surface area contributed by atoms with Gasteiger partial charge in [-0.1, -0.05) is 13.8 Å².